The zero-order chi connectivity index (χ0) is 13.9. The van der Waals surface area contributed by atoms with Crippen molar-refractivity contribution in [3.63, 3.8) is 0 Å². The van der Waals surface area contributed by atoms with Gasteiger partial charge in [0.15, 0.2) is 0 Å². The average molecular weight is 272 g/mol. The van der Waals surface area contributed by atoms with E-state index in [1.807, 2.05) is 24.3 Å². The second-order valence-corrected chi connectivity index (χ2v) is 4.51. The molecule has 0 bridgehead atoms. The van der Waals surface area contributed by atoms with Gasteiger partial charge in [0.25, 0.3) is 0 Å². The normalized spacial score (nSPS) is 14.2. The van der Waals surface area contributed by atoms with Crippen molar-refractivity contribution in [1.82, 2.24) is 25.4 Å². The monoisotopic (exact) mass is 272 g/mol. The standard InChI is InChI=1S/C12H12N6O2/c19-18(20)12-10(5-8-3-1-2-4-8)14-11(15-12)6-9-7-13-17-16-9/h1-4,7-8H,5-6H2,(H,14,15)(H,13,16,17). The summed E-state index contributed by atoms with van der Waals surface area (Å²) in [6.45, 7) is 0. The van der Waals surface area contributed by atoms with Crippen LogP contribution in [0.2, 0.25) is 0 Å². The van der Waals surface area contributed by atoms with Gasteiger partial charge >= 0.3 is 5.82 Å². The SMILES string of the molecule is O=[N+]([O-])c1[nH]c(Cc2cn[nH]n2)nc1CC1C=CC=C1. The Morgan fingerprint density at radius 1 is 1.35 bits per heavy atom. The smallest absolute Gasteiger partial charge is 0.343 e. The van der Waals surface area contributed by atoms with Crippen LogP contribution in [0, 0.1) is 16.0 Å². The van der Waals surface area contributed by atoms with Crippen molar-refractivity contribution in [3.8, 4) is 0 Å². The molecule has 0 spiro atoms. The number of hydrogen-bond acceptors (Lipinski definition) is 5. The van der Waals surface area contributed by atoms with Gasteiger partial charge in [-0.05, 0) is 4.92 Å². The number of imidazole rings is 1. The highest BCUT2D eigenvalue weighted by Crippen LogP contribution is 2.22. The van der Waals surface area contributed by atoms with Gasteiger partial charge in [0.05, 0.1) is 18.3 Å². The van der Waals surface area contributed by atoms with E-state index in [1.54, 1.807) is 6.20 Å². The number of hydrogen-bond donors (Lipinski definition) is 2. The molecule has 2 aromatic rings. The third kappa shape index (κ3) is 2.48. The molecule has 0 amide bonds. The number of allylic oxidation sites excluding steroid dienone is 4. The summed E-state index contributed by atoms with van der Waals surface area (Å²) in [5.41, 5.74) is 1.15. The van der Waals surface area contributed by atoms with Crippen molar-refractivity contribution in [1.29, 1.82) is 0 Å². The molecule has 0 saturated heterocycles. The van der Waals surface area contributed by atoms with Crippen LogP contribution in [0.25, 0.3) is 0 Å². The van der Waals surface area contributed by atoms with Crippen molar-refractivity contribution in [2.24, 2.45) is 5.92 Å². The first-order chi connectivity index (χ1) is 9.72. The van der Waals surface area contributed by atoms with Crippen LogP contribution in [0.4, 0.5) is 5.82 Å². The highest BCUT2D eigenvalue weighted by molar-refractivity contribution is 5.32. The predicted octanol–water partition coefficient (Wildman–Crippen LogP) is 1.31. The molecule has 0 aliphatic heterocycles. The number of H-pyrrole nitrogens is 2. The van der Waals surface area contributed by atoms with Gasteiger partial charge in [-0.1, -0.05) is 24.3 Å². The number of aromatic amines is 2. The molecular weight excluding hydrogens is 260 g/mol. The molecule has 0 atom stereocenters. The van der Waals surface area contributed by atoms with Gasteiger partial charge in [0.2, 0.25) is 5.82 Å². The first-order valence-corrected chi connectivity index (χ1v) is 6.14. The zero-order valence-corrected chi connectivity index (χ0v) is 10.5. The predicted molar refractivity (Wildman–Crippen MR) is 69.9 cm³/mol. The number of nitrogens with zero attached hydrogens (tertiary/aromatic N) is 4. The molecule has 0 radical (unpaired) electrons. The summed E-state index contributed by atoms with van der Waals surface area (Å²) in [4.78, 5) is 17.7. The van der Waals surface area contributed by atoms with Gasteiger partial charge in [-0.25, -0.2) is 9.97 Å². The van der Waals surface area contributed by atoms with E-state index in [0.29, 0.717) is 30.1 Å². The van der Waals surface area contributed by atoms with Crippen LogP contribution in [-0.2, 0) is 12.8 Å². The summed E-state index contributed by atoms with van der Waals surface area (Å²) in [5.74, 6) is 0.639. The summed E-state index contributed by atoms with van der Waals surface area (Å²) >= 11 is 0. The van der Waals surface area contributed by atoms with Crippen molar-refractivity contribution in [2.45, 2.75) is 12.8 Å². The zero-order valence-electron chi connectivity index (χ0n) is 10.5. The van der Waals surface area contributed by atoms with Crippen LogP contribution < -0.4 is 0 Å². The van der Waals surface area contributed by atoms with Crippen LogP contribution in [0.1, 0.15) is 17.2 Å². The van der Waals surface area contributed by atoms with Crippen LogP contribution in [0.3, 0.4) is 0 Å². The number of nitrogens with one attached hydrogen (secondary N) is 2. The first kappa shape index (κ1) is 12.3. The first-order valence-electron chi connectivity index (χ1n) is 6.14. The highest BCUT2D eigenvalue weighted by atomic mass is 16.6. The van der Waals surface area contributed by atoms with E-state index in [0.717, 1.165) is 0 Å². The number of nitro groups is 1. The van der Waals surface area contributed by atoms with Gasteiger partial charge < -0.3 is 10.1 Å². The third-order valence-corrected chi connectivity index (χ3v) is 3.06. The summed E-state index contributed by atoms with van der Waals surface area (Å²) in [7, 11) is 0. The van der Waals surface area contributed by atoms with Crippen LogP contribution in [-0.4, -0.2) is 30.3 Å². The Morgan fingerprint density at radius 3 is 2.80 bits per heavy atom. The molecule has 8 nitrogen and oxygen atoms in total. The third-order valence-electron chi connectivity index (χ3n) is 3.06. The molecule has 2 N–H and O–H groups in total. The summed E-state index contributed by atoms with van der Waals surface area (Å²) in [6.07, 6.45) is 10.3. The van der Waals surface area contributed by atoms with Crippen molar-refractivity contribution < 1.29 is 4.92 Å². The van der Waals surface area contributed by atoms with E-state index >= 15 is 0 Å². The van der Waals surface area contributed by atoms with E-state index < -0.39 is 4.92 Å². The largest absolute Gasteiger partial charge is 0.358 e. The van der Waals surface area contributed by atoms with E-state index in [2.05, 4.69) is 25.4 Å². The van der Waals surface area contributed by atoms with Gasteiger partial charge in [-0.15, -0.1) is 0 Å². The number of rotatable bonds is 5. The van der Waals surface area contributed by atoms with E-state index in [1.165, 1.54) is 0 Å². The second-order valence-electron chi connectivity index (χ2n) is 4.51. The summed E-state index contributed by atoms with van der Waals surface area (Å²) in [6, 6.07) is 0. The Hall–Kier alpha value is -2.77. The Morgan fingerprint density at radius 2 is 2.15 bits per heavy atom. The van der Waals surface area contributed by atoms with Gasteiger partial charge in [0.1, 0.15) is 5.69 Å². The maximum atomic E-state index is 11.1. The van der Waals surface area contributed by atoms with E-state index in [4.69, 9.17) is 0 Å². The molecule has 1 aliphatic carbocycles. The maximum absolute atomic E-state index is 11.1. The molecule has 1 aliphatic rings. The molecule has 0 unspecified atom stereocenters. The number of aromatic nitrogens is 5. The summed E-state index contributed by atoms with van der Waals surface area (Å²) in [5, 5.41) is 21.2. The minimum atomic E-state index is -0.434. The van der Waals surface area contributed by atoms with Gasteiger partial charge in [-0.2, -0.15) is 15.4 Å². The minimum Gasteiger partial charge on any atom is -0.358 e. The van der Waals surface area contributed by atoms with Crippen LogP contribution in [0.15, 0.2) is 30.5 Å². The lowest BCUT2D eigenvalue weighted by Crippen LogP contribution is -2.00. The van der Waals surface area contributed by atoms with Crippen LogP contribution in [0.5, 0.6) is 0 Å². The molecule has 2 heterocycles. The molecular formula is C12H12N6O2. The lowest BCUT2D eigenvalue weighted by molar-refractivity contribution is -0.390. The Labute approximate surface area is 113 Å². The Balaban J connectivity index is 1.84. The second kappa shape index (κ2) is 5.08. The molecule has 20 heavy (non-hydrogen) atoms. The van der Waals surface area contributed by atoms with Crippen molar-refractivity contribution in [3.05, 3.63) is 57.8 Å². The molecule has 0 saturated carbocycles. The molecule has 8 heteroatoms. The minimum absolute atomic E-state index is 0.0443. The topological polar surface area (TPSA) is 113 Å². The molecule has 0 aromatic carbocycles. The lowest BCUT2D eigenvalue weighted by Gasteiger charge is -2.01. The Bertz CT molecular complexity index is 658. The van der Waals surface area contributed by atoms with E-state index in [-0.39, 0.29) is 11.7 Å². The van der Waals surface area contributed by atoms with Crippen molar-refractivity contribution in [2.75, 3.05) is 0 Å². The Kier molecular flexibility index (Phi) is 3.12. The average Bonchev–Trinajstić information content (AvgIpc) is 3.12. The van der Waals surface area contributed by atoms with E-state index in [9.17, 15) is 10.1 Å². The molecule has 3 rings (SSSR count). The van der Waals surface area contributed by atoms with Gasteiger partial charge in [-0.3, -0.25) is 0 Å². The summed E-state index contributed by atoms with van der Waals surface area (Å²) < 4.78 is 0. The molecule has 0 fully saturated rings. The lowest BCUT2D eigenvalue weighted by atomic mass is 10.1. The fourth-order valence-electron chi connectivity index (χ4n) is 2.15. The molecule has 102 valence electrons. The van der Waals surface area contributed by atoms with Crippen LogP contribution >= 0.6 is 0 Å². The maximum Gasteiger partial charge on any atom is 0.343 e. The van der Waals surface area contributed by atoms with Gasteiger partial charge in [0, 0.05) is 12.3 Å². The fraction of sp³-hybridized carbons (Fsp3) is 0.250. The fourth-order valence-corrected chi connectivity index (χ4v) is 2.15. The quantitative estimate of drug-likeness (QED) is 0.629. The highest BCUT2D eigenvalue weighted by Gasteiger charge is 2.22. The molecule has 2 aromatic heterocycles. The van der Waals surface area contributed by atoms with Crippen molar-refractivity contribution >= 4 is 5.82 Å².